The second-order valence-corrected chi connectivity index (χ2v) is 14.3. The normalized spacial score (nSPS) is 13.9. The van der Waals surface area contributed by atoms with Gasteiger partial charge in [0.2, 0.25) is 0 Å². The first-order valence-corrected chi connectivity index (χ1v) is 18.6. The minimum Gasteiger partial charge on any atom is -0.310 e. The molecule has 2 aliphatic carbocycles. The van der Waals surface area contributed by atoms with Crippen LogP contribution in [0.4, 0.5) is 0 Å². The van der Waals surface area contributed by atoms with Crippen molar-refractivity contribution in [2.24, 2.45) is 0 Å². The summed E-state index contributed by atoms with van der Waals surface area (Å²) < 4.78 is 5.02. The first-order valence-electron chi connectivity index (χ1n) is 18.6. The van der Waals surface area contributed by atoms with Crippen molar-refractivity contribution in [2.45, 2.75) is 32.6 Å². The van der Waals surface area contributed by atoms with E-state index in [1.54, 1.807) is 0 Å². The van der Waals surface area contributed by atoms with E-state index in [1.165, 1.54) is 60.4 Å². The van der Waals surface area contributed by atoms with Crippen LogP contribution in [0.5, 0.6) is 0 Å². The number of rotatable bonds is 5. The van der Waals surface area contributed by atoms with Crippen LogP contribution >= 0.6 is 0 Å². The number of nitrogens with zero attached hydrogens (tertiary/aromatic N) is 5. The molecule has 9 aromatic rings. The molecule has 53 heavy (non-hydrogen) atoms. The average Bonchev–Trinajstić information content (AvgIpc) is 3.74. The van der Waals surface area contributed by atoms with Crippen LogP contribution in [-0.2, 0) is 12.8 Å². The Labute approximate surface area is 307 Å². The maximum absolute atomic E-state index is 5.11. The van der Waals surface area contributed by atoms with Gasteiger partial charge in [-0.25, -0.2) is 15.0 Å². The van der Waals surface area contributed by atoms with E-state index in [2.05, 4.69) is 125 Å². The van der Waals surface area contributed by atoms with Crippen molar-refractivity contribution in [2.75, 3.05) is 0 Å². The lowest BCUT2D eigenvalue weighted by atomic mass is 9.89. The Balaban J connectivity index is 1.19. The monoisotopic (exact) mass is 681 g/mol. The molecule has 11 rings (SSSR count). The zero-order valence-electron chi connectivity index (χ0n) is 29.4. The van der Waals surface area contributed by atoms with Gasteiger partial charge in [0.05, 0.1) is 22.1 Å². The number of aromatic nitrogens is 5. The van der Waals surface area contributed by atoms with Gasteiger partial charge in [0.1, 0.15) is 0 Å². The standard InChI is InChI=1S/C48H35N5/c1-30-26-34(48-50-46(32-14-5-2-6-15-32)49-47(51-48)33-16-7-3-8-17-33)28-36(27-30)53-40-22-12-11-21-37(40)39-29-42-44-38(45(39)53)25-24-31-18-13-23-41(43(31)44)52(42)35-19-9-4-10-20-35/h2-3,5-9,11-23,26-29H,4,10,24-25H2,1H3. The van der Waals surface area contributed by atoms with Gasteiger partial charge in [0, 0.05) is 49.6 Å². The van der Waals surface area contributed by atoms with E-state index in [1.807, 2.05) is 36.4 Å². The molecule has 3 heterocycles. The summed E-state index contributed by atoms with van der Waals surface area (Å²) in [7, 11) is 0. The highest BCUT2D eigenvalue weighted by Crippen LogP contribution is 2.46. The summed E-state index contributed by atoms with van der Waals surface area (Å²) in [5, 5.41) is 5.34. The van der Waals surface area contributed by atoms with E-state index in [4.69, 9.17) is 15.0 Å². The predicted octanol–water partition coefficient (Wildman–Crippen LogP) is 11.7. The van der Waals surface area contributed by atoms with E-state index < -0.39 is 0 Å². The molecule has 3 aromatic heterocycles. The van der Waals surface area contributed by atoms with Crippen LogP contribution in [0, 0.1) is 6.92 Å². The number of hydrogen-bond donors (Lipinski definition) is 0. The Hall–Kier alpha value is -6.59. The largest absolute Gasteiger partial charge is 0.310 e. The Kier molecular flexibility index (Phi) is 6.65. The van der Waals surface area contributed by atoms with Crippen LogP contribution in [-0.4, -0.2) is 24.1 Å². The zero-order valence-corrected chi connectivity index (χ0v) is 29.4. The quantitative estimate of drug-likeness (QED) is 0.182. The average molecular weight is 682 g/mol. The van der Waals surface area contributed by atoms with Crippen molar-refractivity contribution < 1.29 is 0 Å². The molecular formula is C48H35N5. The third-order valence-corrected chi connectivity index (χ3v) is 11.1. The smallest absolute Gasteiger partial charge is 0.164 e. The summed E-state index contributed by atoms with van der Waals surface area (Å²) >= 11 is 0. The number of allylic oxidation sites excluding steroid dienone is 4. The summed E-state index contributed by atoms with van der Waals surface area (Å²) in [6, 6.07) is 45.4. The van der Waals surface area contributed by atoms with Gasteiger partial charge in [0.15, 0.2) is 17.5 Å². The van der Waals surface area contributed by atoms with Crippen molar-refractivity contribution in [3.63, 3.8) is 0 Å². The molecule has 0 spiro atoms. The highest BCUT2D eigenvalue weighted by molar-refractivity contribution is 6.23. The number of fused-ring (bicyclic) bond motifs is 4. The van der Waals surface area contributed by atoms with E-state index in [0.717, 1.165) is 53.6 Å². The van der Waals surface area contributed by atoms with Crippen LogP contribution < -0.4 is 0 Å². The van der Waals surface area contributed by atoms with E-state index >= 15 is 0 Å². The van der Waals surface area contributed by atoms with Crippen LogP contribution in [0.2, 0.25) is 0 Å². The Morgan fingerprint density at radius 3 is 1.96 bits per heavy atom. The zero-order chi connectivity index (χ0) is 35.0. The molecule has 252 valence electrons. The Bertz CT molecular complexity index is 2940. The lowest BCUT2D eigenvalue weighted by Gasteiger charge is -2.18. The van der Waals surface area contributed by atoms with Gasteiger partial charge in [-0.1, -0.05) is 103 Å². The van der Waals surface area contributed by atoms with E-state index in [9.17, 15) is 0 Å². The minimum absolute atomic E-state index is 0.661. The fourth-order valence-corrected chi connectivity index (χ4v) is 8.82. The van der Waals surface area contributed by atoms with Gasteiger partial charge in [-0.3, -0.25) is 0 Å². The minimum atomic E-state index is 0.661. The van der Waals surface area contributed by atoms with Crippen LogP contribution in [0.25, 0.3) is 89.2 Å². The third-order valence-electron chi connectivity index (χ3n) is 11.1. The molecule has 0 atom stereocenters. The lowest BCUT2D eigenvalue weighted by molar-refractivity contribution is 0.968. The number of para-hydroxylation sites is 1. The molecule has 0 bridgehead atoms. The molecule has 6 aromatic carbocycles. The number of benzene rings is 6. The van der Waals surface area contributed by atoms with E-state index in [-0.39, 0.29) is 0 Å². The first-order chi connectivity index (χ1) is 26.2. The molecule has 0 saturated carbocycles. The second kappa shape index (κ2) is 11.7. The first kappa shape index (κ1) is 30.1. The molecule has 2 aliphatic rings. The topological polar surface area (TPSA) is 48.5 Å². The summed E-state index contributed by atoms with van der Waals surface area (Å²) in [4.78, 5) is 15.2. The molecule has 5 heteroatoms. The molecule has 0 N–H and O–H groups in total. The van der Waals surface area contributed by atoms with Gasteiger partial charge in [-0.15, -0.1) is 0 Å². The summed E-state index contributed by atoms with van der Waals surface area (Å²) in [6.07, 6.45) is 11.2. The molecule has 0 amide bonds. The molecule has 0 aliphatic heterocycles. The van der Waals surface area contributed by atoms with Crippen molar-refractivity contribution in [3.05, 3.63) is 162 Å². The van der Waals surface area contributed by atoms with Gasteiger partial charge < -0.3 is 9.13 Å². The maximum atomic E-state index is 5.11. The highest BCUT2D eigenvalue weighted by Gasteiger charge is 2.27. The van der Waals surface area contributed by atoms with Crippen LogP contribution in [0.1, 0.15) is 29.5 Å². The van der Waals surface area contributed by atoms with Crippen LogP contribution in [0.15, 0.2) is 146 Å². The molecular weight excluding hydrogens is 647 g/mol. The van der Waals surface area contributed by atoms with Gasteiger partial charge in [-0.05, 0) is 91.8 Å². The number of aryl methyl sites for hydroxylation is 3. The van der Waals surface area contributed by atoms with Gasteiger partial charge in [-0.2, -0.15) is 0 Å². The summed E-state index contributed by atoms with van der Waals surface area (Å²) in [5.41, 5.74) is 14.4. The van der Waals surface area contributed by atoms with Crippen LogP contribution in [0.3, 0.4) is 0 Å². The highest BCUT2D eigenvalue weighted by atomic mass is 15.0. The van der Waals surface area contributed by atoms with Crippen molar-refractivity contribution in [1.82, 2.24) is 24.1 Å². The summed E-state index contributed by atoms with van der Waals surface area (Å²) in [5.74, 6) is 1.99. The van der Waals surface area contributed by atoms with E-state index in [0.29, 0.717) is 17.5 Å². The maximum Gasteiger partial charge on any atom is 0.164 e. The SMILES string of the molecule is Cc1cc(-c2nc(-c3ccccc3)nc(-c3ccccc3)n2)cc(-n2c3ccccc3c3cc4c5c(c32)CCc2cccc(c25)n4C2=CCCC=C2)c1. The molecule has 0 fully saturated rings. The molecule has 5 nitrogen and oxygen atoms in total. The molecule has 0 unspecified atom stereocenters. The second-order valence-electron chi connectivity index (χ2n) is 14.3. The lowest BCUT2D eigenvalue weighted by Crippen LogP contribution is -2.04. The summed E-state index contributed by atoms with van der Waals surface area (Å²) in [6.45, 7) is 2.17. The molecule has 0 radical (unpaired) electrons. The fraction of sp³-hybridized carbons (Fsp3) is 0.104. The number of hydrogen-bond acceptors (Lipinski definition) is 3. The van der Waals surface area contributed by atoms with Gasteiger partial charge in [0.25, 0.3) is 0 Å². The Morgan fingerprint density at radius 2 is 1.23 bits per heavy atom. The van der Waals surface area contributed by atoms with Crippen molar-refractivity contribution in [3.8, 4) is 39.9 Å². The van der Waals surface area contributed by atoms with Crippen molar-refractivity contribution in [1.29, 1.82) is 0 Å². The fourth-order valence-electron chi connectivity index (χ4n) is 8.82. The van der Waals surface area contributed by atoms with Gasteiger partial charge >= 0.3 is 0 Å². The predicted molar refractivity (Wildman–Crippen MR) is 218 cm³/mol. The molecule has 0 saturated heterocycles. The third kappa shape index (κ3) is 4.67. The Morgan fingerprint density at radius 1 is 0.528 bits per heavy atom. The van der Waals surface area contributed by atoms with Crippen molar-refractivity contribution >= 4 is 49.3 Å².